The first kappa shape index (κ1) is 14.6. The van der Waals surface area contributed by atoms with Crippen LogP contribution in [-0.4, -0.2) is 26.1 Å². The van der Waals surface area contributed by atoms with Gasteiger partial charge in [-0.1, -0.05) is 0 Å². The van der Waals surface area contributed by atoms with Crippen LogP contribution in [-0.2, 0) is 6.54 Å². The molecule has 0 bridgehead atoms. The summed E-state index contributed by atoms with van der Waals surface area (Å²) in [5.41, 5.74) is 2.41. The van der Waals surface area contributed by atoms with E-state index in [0.29, 0.717) is 13.1 Å². The first-order valence-corrected chi connectivity index (χ1v) is 7.93. The van der Waals surface area contributed by atoms with Gasteiger partial charge in [0.05, 0.1) is 10.2 Å². The van der Waals surface area contributed by atoms with Crippen molar-refractivity contribution >= 4 is 27.4 Å². The Kier molecular flexibility index (Phi) is 3.89. The number of nitrogens with zero attached hydrogens (tertiary/aromatic N) is 4. The first-order valence-electron chi connectivity index (χ1n) is 7.05. The van der Waals surface area contributed by atoms with Crippen LogP contribution in [0.25, 0.3) is 10.2 Å². The van der Waals surface area contributed by atoms with E-state index in [2.05, 4.69) is 20.3 Å². The summed E-state index contributed by atoms with van der Waals surface area (Å²) in [4.78, 5) is 24.7. The van der Waals surface area contributed by atoms with Gasteiger partial charge in [-0.3, -0.25) is 4.57 Å². The molecule has 3 heterocycles. The zero-order valence-corrected chi connectivity index (χ0v) is 13.6. The summed E-state index contributed by atoms with van der Waals surface area (Å²) in [5, 5.41) is 5.31. The molecule has 0 aliphatic rings. The predicted molar refractivity (Wildman–Crippen MR) is 88.6 cm³/mol. The minimum atomic E-state index is -0.209. The summed E-state index contributed by atoms with van der Waals surface area (Å²) in [6.45, 7) is 6.78. The molecule has 114 valence electrons. The van der Waals surface area contributed by atoms with Crippen molar-refractivity contribution in [1.29, 1.82) is 0 Å². The molecular formula is C15H17N5OS. The molecule has 0 saturated carbocycles. The van der Waals surface area contributed by atoms with Crippen LogP contribution in [0.5, 0.6) is 0 Å². The molecule has 0 saturated heterocycles. The van der Waals surface area contributed by atoms with Gasteiger partial charge in [0, 0.05) is 24.5 Å². The van der Waals surface area contributed by atoms with E-state index in [0.717, 1.165) is 33.2 Å². The van der Waals surface area contributed by atoms with Gasteiger partial charge in [0.25, 0.3) is 0 Å². The highest BCUT2D eigenvalue weighted by Crippen LogP contribution is 2.25. The van der Waals surface area contributed by atoms with Crippen LogP contribution in [0.2, 0.25) is 0 Å². The number of anilines is 1. The van der Waals surface area contributed by atoms with Crippen molar-refractivity contribution in [2.24, 2.45) is 0 Å². The summed E-state index contributed by atoms with van der Waals surface area (Å²) in [7, 11) is 0. The summed E-state index contributed by atoms with van der Waals surface area (Å²) >= 11 is 1.61. The average molecular weight is 315 g/mol. The molecular weight excluding hydrogens is 298 g/mol. The van der Waals surface area contributed by atoms with Crippen LogP contribution >= 0.6 is 11.3 Å². The van der Waals surface area contributed by atoms with E-state index in [1.54, 1.807) is 15.9 Å². The van der Waals surface area contributed by atoms with E-state index in [9.17, 15) is 4.79 Å². The van der Waals surface area contributed by atoms with E-state index in [1.807, 2.05) is 38.3 Å². The van der Waals surface area contributed by atoms with Crippen molar-refractivity contribution in [3.8, 4) is 0 Å². The molecule has 22 heavy (non-hydrogen) atoms. The van der Waals surface area contributed by atoms with Crippen LogP contribution in [0.15, 0.2) is 22.3 Å². The second kappa shape index (κ2) is 5.84. The molecule has 0 aliphatic carbocycles. The van der Waals surface area contributed by atoms with Gasteiger partial charge in [0.1, 0.15) is 11.6 Å². The standard InChI is InChI=1S/C15H17N5OS/c1-9-8-10(2)20(15(21)17-9)6-5-16-14-13-12(4-7-22-13)18-11(3)19-14/h4,7-8H,5-6H2,1-3H3,(H,16,18,19). The zero-order valence-electron chi connectivity index (χ0n) is 12.8. The molecule has 1 N–H and O–H groups in total. The maximum Gasteiger partial charge on any atom is 0.348 e. The Morgan fingerprint density at radius 2 is 2.05 bits per heavy atom. The molecule has 0 atom stereocenters. The lowest BCUT2D eigenvalue weighted by Gasteiger charge is -2.11. The Bertz CT molecular complexity index is 883. The third kappa shape index (κ3) is 2.85. The largest absolute Gasteiger partial charge is 0.367 e. The molecule has 0 spiro atoms. The van der Waals surface area contributed by atoms with E-state index in [1.165, 1.54) is 0 Å². The molecule has 0 amide bonds. The fourth-order valence-electron chi connectivity index (χ4n) is 2.43. The smallest absolute Gasteiger partial charge is 0.348 e. The van der Waals surface area contributed by atoms with Crippen molar-refractivity contribution in [3.63, 3.8) is 0 Å². The van der Waals surface area contributed by atoms with Gasteiger partial charge in [-0.15, -0.1) is 11.3 Å². The maximum absolute atomic E-state index is 11.9. The maximum atomic E-state index is 11.9. The van der Waals surface area contributed by atoms with E-state index in [-0.39, 0.29) is 5.69 Å². The molecule has 0 fully saturated rings. The molecule has 3 aromatic heterocycles. The van der Waals surface area contributed by atoms with Crippen molar-refractivity contribution in [2.75, 3.05) is 11.9 Å². The van der Waals surface area contributed by atoms with E-state index < -0.39 is 0 Å². The van der Waals surface area contributed by atoms with E-state index in [4.69, 9.17) is 0 Å². The highest BCUT2D eigenvalue weighted by Gasteiger charge is 2.07. The highest BCUT2D eigenvalue weighted by molar-refractivity contribution is 7.17. The summed E-state index contributed by atoms with van der Waals surface area (Å²) in [5.74, 6) is 1.56. The van der Waals surface area contributed by atoms with Gasteiger partial charge in [-0.25, -0.2) is 14.8 Å². The van der Waals surface area contributed by atoms with Crippen LogP contribution in [0.3, 0.4) is 0 Å². The van der Waals surface area contributed by atoms with Crippen LogP contribution in [0, 0.1) is 20.8 Å². The van der Waals surface area contributed by atoms with Crippen molar-refractivity contribution in [1.82, 2.24) is 19.5 Å². The molecule has 0 aliphatic heterocycles. The van der Waals surface area contributed by atoms with Gasteiger partial charge in [0.15, 0.2) is 0 Å². The first-order chi connectivity index (χ1) is 10.5. The quantitative estimate of drug-likeness (QED) is 0.799. The Hall–Kier alpha value is -2.28. The predicted octanol–water partition coefficient (Wildman–Crippen LogP) is 2.29. The van der Waals surface area contributed by atoms with Gasteiger partial charge < -0.3 is 5.32 Å². The van der Waals surface area contributed by atoms with Gasteiger partial charge >= 0.3 is 5.69 Å². The topological polar surface area (TPSA) is 72.7 Å². The summed E-state index contributed by atoms with van der Waals surface area (Å²) in [6.07, 6.45) is 0. The van der Waals surface area contributed by atoms with Crippen LogP contribution in [0.1, 0.15) is 17.2 Å². The number of aromatic nitrogens is 4. The minimum Gasteiger partial charge on any atom is -0.367 e. The Balaban J connectivity index is 1.78. The molecule has 7 heteroatoms. The molecule has 0 aromatic carbocycles. The molecule has 0 unspecified atom stereocenters. The number of aryl methyl sites for hydroxylation is 3. The monoisotopic (exact) mass is 315 g/mol. The Labute approximate surface area is 131 Å². The second-order valence-corrected chi connectivity index (χ2v) is 6.07. The van der Waals surface area contributed by atoms with Gasteiger partial charge in [-0.2, -0.15) is 4.98 Å². The third-order valence-electron chi connectivity index (χ3n) is 3.39. The number of fused-ring (bicyclic) bond motifs is 1. The van der Waals surface area contributed by atoms with Crippen LogP contribution in [0.4, 0.5) is 5.82 Å². The van der Waals surface area contributed by atoms with E-state index >= 15 is 0 Å². The third-order valence-corrected chi connectivity index (χ3v) is 4.30. The molecule has 6 nitrogen and oxygen atoms in total. The minimum absolute atomic E-state index is 0.209. The Morgan fingerprint density at radius 3 is 2.82 bits per heavy atom. The van der Waals surface area contributed by atoms with Crippen molar-refractivity contribution in [2.45, 2.75) is 27.3 Å². The number of nitrogens with one attached hydrogen (secondary N) is 1. The van der Waals surface area contributed by atoms with Gasteiger partial charge in [-0.05, 0) is 38.3 Å². The number of hydrogen-bond donors (Lipinski definition) is 1. The summed E-state index contributed by atoms with van der Waals surface area (Å²) < 4.78 is 2.70. The highest BCUT2D eigenvalue weighted by atomic mass is 32.1. The normalized spacial score (nSPS) is 11.0. The van der Waals surface area contributed by atoms with Crippen molar-refractivity contribution in [3.05, 3.63) is 45.2 Å². The molecule has 3 aromatic rings. The summed E-state index contributed by atoms with van der Waals surface area (Å²) in [6, 6.07) is 3.89. The fourth-order valence-corrected chi connectivity index (χ4v) is 3.23. The lowest BCUT2D eigenvalue weighted by Crippen LogP contribution is -2.28. The number of hydrogen-bond acceptors (Lipinski definition) is 6. The second-order valence-electron chi connectivity index (χ2n) is 5.15. The van der Waals surface area contributed by atoms with Crippen LogP contribution < -0.4 is 11.0 Å². The fraction of sp³-hybridized carbons (Fsp3) is 0.333. The average Bonchev–Trinajstić information content (AvgIpc) is 2.89. The number of thiophene rings is 1. The zero-order chi connectivity index (χ0) is 15.7. The lowest BCUT2D eigenvalue weighted by molar-refractivity contribution is 0.647. The SMILES string of the molecule is Cc1cc(C)n(CCNc2nc(C)nc3ccsc23)c(=O)n1. The molecule has 3 rings (SSSR count). The number of rotatable bonds is 4. The van der Waals surface area contributed by atoms with Crippen molar-refractivity contribution < 1.29 is 0 Å². The lowest BCUT2D eigenvalue weighted by atomic mass is 10.3. The molecule has 0 radical (unpaired) electrons. The Morgan fingerprint density at radius 1 is 1.23 bits per heavy atom. The van der Waals surface area contributed by atoms with Gasteiger partial charge in [0.2, 0.25) is 0 Å².